The molecule has 0 aliphatic rings. The van der Waals surface area contributed by atoms with Crippen LogP contribution in [0.15, 0.2) is 53.3 Å². The molecule has 0 aliphatic heterocycles. The Labute approximate surface area is 225 Å². The number of tetrazole rings is 1. The number of carbonyl (C=O) groups is 1. The molecule has 2 N–H and O–H groups in total. The maximum Gasteiger partial charge on any atom is 0.416 e. The van der Waals surface area contributed by atoms with Gasteiger partial charge in [0.15, 0.2) is 23.5 Å². The lowest BCUT2D eigenvalue weighted by molar-refractivity contribution is -0.207. The number of rotatable bonds is 9. The molecule has 0 saturated carbocycles. The number of aliphatic hydroxyl groups is 1. The van der Waals surface area contributed by atoms with E-state index in [1.807, 2.05) is 0 Å². The van der Waals surface area contributed by atoms with Gasteiger partial charge in [0.05, 0.1) is 18.0 Å². The number of Topliss-reactive ketones (excluding diaryl/α,β-unsaturated/α-hetero) is 1. The van der Waals surface area contributed by atoms with Crippen LogP contribution in [0.1, 0.15) is 29.3 Å². The molecule has 40 heavy (non-hydrogen) atoms. The minimum atomic E-state index is -5.04. The fourth-order valence-electron chi connectivity index (χ4n) is 3.86. The van der Waals surface area contributed by atoms with Crippen LogP contribution in [0.3, 0.4) is 0 Å². The zero-order chi connectivity index (χ0) is 29.2. The van der Waals surface area contributed by atoms with E-state index in [1.54, 1.807) is 0 Å². The number of aromatic nitrogens is 7. The van der Waals surface area contributed by atoms with Gasteiger partial charge in [-0.3, -0.25) is 9.36 Å². The Morgan fingerprint density at radius 1 is 1.07 bits per heavy atom. The van der Waals surface area contributed by atoms with Gasteiger partial charge in [0.2, 0.25) is 0 Å². The maximum atomic E-state index is 13.3. The molecule has 212 valence electrons. The number of ketones is 1. The summed E-state index contributed by atoms with van der Waals surface area (Å²) in [6.07, 6.45) is -13.1. The quantitative estimate of drug-likeness (QED) is 0.285. The molecule has 0 radical (unpaired) electrons. The predicted octanol–water partition coefficient (Wildman–Crippen LogP) is 3.61. The first-order valence-electron chi connectivity index (χ1n) is 11.3. The molecule has 0 amide bonds. The zero-order valence-electron chi connectivity index (χ0n) is 20.0. The van der Waals surface area contributed by atoms with E-state index in [9.17, 15) is 41.0 Å². The average Bonchev–Trinajstić information content (AvgIpc) is 3.51. The topological polar surface area (TPSA) is 132 Å². The number of hydrogen-bond acceptors (Lipinski definition) is 7. The van der Waals surface area contributed by atoms with Crippen LogP contribution >= 0.6 is 11.6 Å². The van der Waals surface area contributed by atoms with Crippen LogP contribution < -0.4 is 5.69 Å². The SMILES string of the molecule is O=C(CC(c1cccc(C(F)(F)F)c1)c1nn[nH]n1)Cn1nc(-c2ccc(Cl)cc2)n(C[C@H](O)C(F)(F)F)c1=O. The van der Waals surface area contributed by atoms with E-state index in [0.717, 1.165) is 18.2 Å². The number of alkyl halides is 6. The Morgan fingerprint density at radius 2 is 1.77 bits per heavy atom. The molecule has 2 aromatic carbocycles. The van der Waals surface area contributed by atoms with E-state index < -0.39 is 60.9 Å². The third kappa shape index (κ3) is 6.56. The molecule has 2 aromatic heterocycles. The number of carbonyl (C=O) groups excluding carboxylic acids is 1. The highest BCUT2D eigenvalue weighted by Gasteiger charge is 2.39. The normalized spacial score (nSPS) is 13.8. The zero-order valence-corrected chi connectivity index (χ0v) is 20.7. The first-order chi connectivity index (χ1) is 18.7. The average molecular weight is 590 g/mol. The van der Waals surface area contributed by atoms with Gasteiger partial charge < -0.3 is 5.11 Å². The van der Waals surface area contributed by atoms with Crippen LogP contribution in [0.2, 0.25) is 5.02 Å². The van der Waals surface area contributed by atoms with Crippen LogP contribution in [-0.4, -0.2) is 58.1 Å². The smallest absolute Gasteiger partial charge is 0.382 e. The lowest BCUT2D eigenvalue weighted by Gasteiger charge is -2.15. The van der Waals surface area contributed by atoms with Gasteiger partial charge in [-0.1, -0.05) is 35.0 Å². The number of halogens is 7. The highest BCUT2D eigenvalue weighted by atomic mass is 35.5. The van der Waals surface area contributed by atoms with Crippen molar-refractivity contribution < 1.29 is 36.2 Å². The summed E-state index contributed by atoms with van der Waals surface area (Å²) < 4.78 is 80.2. The summed E-state index contributed by atoms with van der Waals surface area (Å²) >= 11 is 5.86. The Hall–Kier alpha value is -4.05. The van der Waals surface area contributed by atoms with Gasteiger partial charge in [-0.05, 0) is 35.9 Å². The molecule has 1 unspecified atom stereocenters. The Bertz CT molecular complexity index is 1530. The molecular weight excluding hydrogens is 572 g/mol. The fraction of sp³-hybridized carbons (Fsp3) is 0.304. The molecule has 2 heterocycles. The summed E-state index contributed by atoms with van der Waals surface area (Å²) in [5, 5.41) is 27.0. The molecular formula is C23H18ClF6N7O3. The summed E-state index contributed by atoms with van der Waals surface area (Å²) in [6.45, 7) is -1.95. The van der Waals surface area contributed by atoms with Crippen LogP contribution in [-0.2, 0) is 24.1 Å². The number of nitrogens with one attached hydrogen (secondary N) is 1. The molecule has 17 heteroatoms. The molecule has 0 aliphatic carbocycles. The van der Waals surface area contributed by atoms with Gasteiger partial charge >= 0.3 is 18.0 Å². The number of aromatic amines is 1. The van der Waals surface area contributed by atoms with Crippen molar-refractivity contribution in [1.29, 1.82) is 0 Å². The van der Waals surface area contributed by atoms with Crippen molar-refractivity contribution in [1.82, 2.24) is 35.0 Å². The third-order valence-electron chi connectivity index (χ3n) is 5.81. The van der Waals surface area contributed by atoms with E-state index in [1.165, 1.54) is 30.3 Å². The first-order valence-corrected chi connectivity index (χ1v) is 11.7. The first kappa shape index (κ1) is 28.9. The lowest BCUT2D eigenvalue weighted by atomic mass is 9.91. The van der Waals surface area contributed by atoms with Gasteiger partial charge in [-0.15, -0.1) is 15.3 Å². The van der Waals surface area contributed by atoms with E-state index in [4.69, 9.17) is 11.6 Å². The van der Waals surface area contributed by atoms with Crippen LogP contribution in [0.25, 0.3) is 11.4 Å². The molecule has 4 rings (SSSR count). The van der Waals surface area contributed by atoms with Crippen molar-refractivity contribution in [3.63, 3.8) is 0 Å². The van der Waals surface area contributed by atoms with Crippen LogP contribution in [0.4, 0.5) is 26.3 Å². The van der Waals surface area contributed by atoms with Gasteiger partial charge in [0.1, 0.15) is 6.54 Å². The van der Waals surface area contributed by atoms with E-state index in [-0.39, 0.29) is 22.8 Å². The molecule has 4 aromatic rings. The number of H-pyrrole nitrogens is 1. The van der Waals surface area contributed by atoms with E-state index in [0.29, 0.717) is 14.3 Å². The molecule has 0 saturated heterocycles. The van der Waals surface area contributed by atoms with Crippen molar-refractivity contribution in [3.8, 4) is 11.4 Å². The predicted molar refractivity (Wildman–Crippen MR) is 126 cm³/mol. The maximum absolute atomic E-state index is 13.3. The second-order valence-electron chi connectivity index (χ2n) is 8.63. The summed E-state index contributed by atoms with van der Waals surface area (Å²) in [7, 11) is 0. The highest BCUT2D eigenvalue weighted by molar-refractivity contribution is 6.30. The van der Waals surface area contributed by atoms with E-state index in [2.05, 4.69) is 25.7 Å². The number of hydrogen-bond donors (Lipinski definition) is 2. The summed E-state index contributed by atoms with van der Waals surface area (Å²) in [5.41, 5.74) is -1.89. The van der Waals surface area contributed by atoms with Crippen molar-refractivity contribution in [2.24, 2.45) is 0 Å². The minimum Gasteiger partial charge on any atom is -0.382 e. The van der Waals surface area contributed by atoms with Gasteiger partial charge in [0.25, 0.3) is 0 Å². The molecule has 10 nitrogen and oxygen atoms in total. The Balaban J connectivity index is 1.66. The number of aliphatic hydroxyl groups excluding tert-OH is 1. The van der Waals surface area contributed by atoms with Gasteiger partial charge in [-0.2, -0.15) is 31.6 Å². The Kier molecular flexibility index (Phi) is 8.11. The monoisotopic (exact) mass is 589 g/mol. The van der Waals surface area contributed by atoms with Gasteiger partial charge in [-0.25, -0.2) is 9.48 Å². The van der Waals surface area contributed by atoms with Crippen molar-refractivity contribution >= 4 is 17.4 Å². The lowest BCUT2D eigenvalue weighted by Crippen LogP contribution is -2.37. The molecule has 2 atom stereocenters. The largest absolute Gasteiger partial charge is 0.416 e. The minimum absolute atomic E-state index is 0.0394. The third-order valence-corrected chi connectivity index (χ3v) is 6.06. The van der Waals surface area contributed by atoms with Crippen molar-refractivity contribution in [2.45, 2.75) is 43.9 Å². The molecule has 0 fully saturated rings. The Morgan fingerprint density at radius 3 is 2.38 bits per heavy atom. The van der Waals surface area contributed by atoms with Gasteiger partial charge in [0, 0.05) is 17.0 Å². The highest BCUT2D eigenvalue weighted by Crippen LogP contribution is 2.33. The van der Waals surface area contributed by atoms with Crippen molar-refractivity contribution in [3.05, 3.63) is 81.0 Å². The van der Waals surface area contributed by atoms with Crippen molar-refractivity contribution in [2.75, 3.05) is 0 Å². The number of nitrogens with zero attached hydrogens (tertiary/aromatic N) is 6. The summed E-state index contributed by atoms with van der Waals surface area (Å²) in [4.78, 5) is 26.1. The van der Waals surface area contributed by atoms with Crippen LogP contribution in [0, 0.1) is 0 Å². The second kappa shape index (κ2) is 11.2. The summed E-state index contributed by atoms with van der Waals surface area (Å²) in [6, 6.07) is 9.72. The molecule has 0 spiro atoms. The van der Waals surface area contributed by atoms with Crippen LogP contribution in [0.5, 0.6) is 0 Å². The molecule has 0 bridgehead atoms. The van der Waals surface area contributed by atoms with E-state index >= 15 is 0 Å². The second-order valence-corrected chi connectivity index (χ2v) is 9.06. The fourth-order valence-corrected chi connectivity index (χ4v) is 3.99. The summed E-state index contributed by atoms with van der Waals surface area (Å²) in [5.74, 6) is -2.20. The standard InChI is InChI=1S/C23H18ClF6N7O3/c24-15-6-4-12(5-7-15)20-33-37(21(40)36(20)11-18(39)23(28,29)30)10-16(38)9-17(19-31-34-35-32-19)13-2-1-3-14(8-13)22(25,26)27/h1-8,17-18,39H,9-11H2,(H,31,32,34,35)/t17?,18-/m0/s1. The number of benzene rings is 2.